The quantitative estimate of drug-likeness (QED) is 0.242. The van der Waals surface area contributed by atoms with Crippen LogP contribution in [0.3, 0.4) is 0 Å². The number of benzene rings is 3. The first-order valence-electron chi connectivity index (χ1n) is 15.9. The van der Waals surface area contributed by atoms with Crippen molar-refractivity contribution >= 4 is 22.0 Å². The van der Waals surface area contributed by atoms with Gasteiger partial charge in [-0.15, -0.1) is 0 Å². The van der Waals surface area contributed by atoms with Crippen molar-refractivity contribution < 1.29 is 30.5 Å². The standard InChI is InChI=1S/C38H45ClO3.Cr/c1-26-17-22-34(38(2,3)29-13-8-5-9-14-29)35(25-26)42-24-23-31(27-11-6-4-7-12-27)32-15-10-16-33(37(32)41)36(40)28-18-20-30(39)21-19-28;/h4-9,11-14,18-21,26,31-36,40H,10,15-17,22-23,25H2,1-3H3;/t26-,31+,32+,33+,34-,35-,36+;/m1./s1. The van der Waals surface area contributed by atoms with Crippen molar-refractivity contribution in [1.29, 1.82) is 0 Å². The first-order chi connectivity index (χ1) is 20.6. The zero-order valence-electron chi connectivity index (χ0n) is 25.6. The van der Waals surface area contributed by atoms with Gasteiger partial charge in [0.25, 0.3) is 0 Å². The van der Waals surface area contributed by atoms with Crippen LogP contribution in [-0.4, -0.2) is 21.6 Å². The monoisotopic (exact) mass is 636 g/mol. The molecule has 3 aromatic rings. The SMILES string of the molecule is C[C@@H]1CC[C@@H](C(C)(C)c2ccccc2)[C@H](O[C](=[Cr])C[C@@H](c2ccccc2)[C@@H]2CCC[C@@H]([C@@H](O)c3ccc(Cl)cc3)C2=O)C1. The molecule has 2 aliphatic rings. The van der Waals surface area contributed by atoms with Crippen LogP contribution in [0.25, 0.3) is 0 Å². The van der Waals surface area contributed by atoms with E-state index in [-0.39, 0.29) is 29.1 Å². The Kier molecular flexibility index (Phi) is 10.8. The summed E-state index contributed by atoms with van der Waals surface area (Å²) in [5, 5.41) is 11.9. The van der Waals surface area contributed by atoms with E-state index < -0.39 is 12.0 Å². The van der Waals surface area contributed by atoms with Crippen molar-refractivity contribution in [2.24, 2.45) is 23.7 Å². The van der Waals surface area contributed by atoms with Gasteiger partial charge < -0.3 is 0 Å². The zero-order chi connectivity index (χ0) is 30.6. The molecular formula is C38H45ClCrO3. The second-order valence-electron chi connectivity index (χ2n) is 13.4. The van der Waals surface area contributed by atoms with Gasteiger partial charge in [0.05, 0.1) is 0 Å². The Labute approximate surface area is 271 Å². The molecule has 7 atom stereocenters. The van der Waals surface area contributed by atoms with Crippen molar-refractivity contribution in [1.82, 2.24) is 0 Å². The molecule has 0 spiro atoms. The number of halogens is 1. The molecule has 43 heavy (non-hydrogen) atoms. The Bertz CT molecular complexity index is 1360. The van der Waals surface area contributed by atoms with E-state index in [0.29, 0.717) is 29.7 Å². The van der Waals surface area contributed by atoms with Crippen molar-refractivity contribution in [3.05, 3.63) is 107 Å². The molecule has 5 rings (SSSR count). The molecule has 1 N–H and O–H groups in total. The van der Waals surface area contributed by atoms with Crippen LogP contribution in [-0.2, 0) is 30.8 Å². The minimum atomic E-state index is -0.832. The maximum absolute atomic E-state index is 14.1. The Hall–Kier alpha value is -2.06. The van der Waals surface area contributed by atoms with Crippen molar-refractivity contribution in [2.75, 3.05) is 0 Å². The number of rotatable bonds is 10. The van der Waals surface area contributed by atoms with E-state index in [2.05, 4.69) is 91.2 Å². The number of carbonyl (C=O) groups is 1. The molecule has 228 valence electrons. The number of ketones is 1. The maximum atomic E-state index is 14.1. The molecule has 2 saturated carbocycles. The van der Waals surface area contributed by atoms with Crippen LogP contribution < -0.4 is 0 Å². The second kappa shape index (κ2) is 14.4. The number of Topliss-reactive ketones (excluding diaryl/α,β-unsaturated/α-hetero) is 1. The predicted octanol–water partition coefficient (Wildman–Crippen LogP) is 9.01. The van der Waals surface area contributed by atoms with Crippen LogP contribution in [0.1, 0.15) is 94.4 Å². The number of ether oxygens (including phenoxy) is 1. The first-order valence-corrected chi connectivity index (χ1v) is 16.9. The molecule has 0 heterocycles. The Morgan fingerprint density at radius 2 is 1.53 bits per heavy atom. The number of aliphatic hydroxyl groups is 1. The van der Waals surface area contributed by atoms with Gasteiger partial charge in [-0.2, -0.15) is 0 Å². The molecule has 3 nitrogen and oxygen atoms in total. The van der Waals surface area contributed by atoms with Crippen molar-refractivity contribution in [3.8, 4) is 0 Å². The average molecular weight is 637 g/mol. The molecule has 0 saturated heterocycles. The van der Waals surface area contributed by atoms with E-state index in [1.165, 1.54) is 12.0 Å². The summed E-state index contributed by atoms with van der Waals surface area (Å²) in [6.45, 7) is 7.05. The van der Waals surface area contributed by atoms with Crippen LogP contribution in [0.4, 0.5) is 0 Å². The molecule has 2 aliphatic carbocycles. The molecular weight excluding hydrogens is 592 g/mol. The number of hydrogen-bond acceptors (Lipinski definition) is 3. The van der Waals surface area contributed by atoms with E-state index in [0.717, 1.165) is 41.4 Å². The first kappa shape index (κ1) is 32.3. The average Bonchev–Trinajstić information content (AvgIpc) is 3.01. The van der Waals surface area contributed by atoms with Crippen LogP contribution in [0.5, 0.6) is 0 Å². The normalized spacial score (nSPS) is 26.1. The van der Waals surface area contributed by atoms with Gasteiger partial charge in [0.2, 0.25) is 0 Å². The Balaban J connectivity index is 1.36. The van der Waals surface area contributed by atoms with Crippen molar-refractivity contribution in [2.45, 2.75) is 89.3 Å². The van der Waals surface area contributed by atoms with Crippen LogP contribution in [0.15, 0.2) is 84.9 Å². The van der Waals surface area contributed by atoms with Gasteiger partial charge in [0, 0.05) is 0 Å². The molecule has 0 aromatic heterocycles. The molecule has 5 heteroatoms. The number of aliphatic hydroxyl groups excluding tert-OH is 1. The van der Waals surface area contributed by atoms with Gasteiger partial charge in [0.15, 0.2) is 0 Å². The summed E-state index contributed by atoms with van der Waals surface area (Å²) < 4.78 is 7.79. The number of carbonyl (C=O) groups excluding carboxylic acids is 1. The Morgan fingerprint density at radius 3 is 2.21 bits per heavy atom. The van der Waals surface area contributed by atoms with E-state index in [9.17, 15) is 9.90 Å². The second-order valence-corrected chi connectivity index (χ2v) is 14.6. The van der Waals surface area contributed by atoms with Gasteiger partial charge in [-0.05, 0) is 0 Å². The summed E-state index contributed by atoms with van der Waals surface area (Å²) >= 11 is 9.38. The molecule has 2 fully saturated rings. The third-order valence-corrected chi connectivity index (χ3v) is 10.9. The summed E-state index contributed by atoms with van der Waals surface area (Å²) in [6.07, 6.45) is 5.72. The molecule has 0 amide bonds. The van der Waals surface area contributed by atoms with Gasteiger partial charge in [-0.3, -0.25) is 0 Å². The molecule has 3 aromatic carbocycles. The van der Waals surface area contributed by atoms with Gasteiger partial charge in [-0.1, -0.05) is 0 Å². The molecule has 0 unspecified atom stereocenters. The third-order valence-electron chi connectivity index (χ3n) is 10.2. The number of hydrogen-bond donors (Lipinski definition) is 1. The van der Waals surface area contributed by atoms with Gasteiger partial charge in [-0.25, -0.2) is 0 Å². The summed E-state index contributed by atoms with van der Waals surface area (Å²) in [4.78, 5) is 14.1. The fourth-order valence-corrected chi connectivity index (χ4v) is 8.28. The predicted molar refractivity (Wildman–Crippen MR) is 172 cm³/mol. The van der Waals surface area contributed by atoms with E-state index in [1.54, 1.807) is 12.1 Å². The summed E-state index contributed by atoms with van der Waals surface area (Å²) in [7, 11) is 0. The van der Waals surface area contributed by atoms with Crippen LogP contribution in [0, 0.1) is 23.7 Å². The molecule has 0 radical (unpaired) electrons. The van der Waals surface area contributed by atoms with E-state index >= 15 is 0 Å². The van der Waals surface area contributed by atoms with Crippen LogP contribution in [0.2, 0.25) is 5.02 Å². The fraction of sp³-hybridized carbons (Fsp3) is 0.474. The van der Waals surface area contributed by atoms with Crippen LogP contribution >= 0.6 is 11.6 Å². The zero-order valence-corrected chi connectivity index (χ0v) is 27.7. The summed E-state index contributed by atoms with van der Waals surface area (Å²) in [6, 6.07) is 28.4. The fourth-order valence-electron chi connectivity index (χ4n) is 7.68. The van der Waals surface area contributed by atoms with E-state index in [1.807, 2.05) is 18.2 Å². The van der Waals surface area contributed by atoms with E-state index in [4.69, 9.17) is 16.3 Å². The van der Waals surface area contributed by atoms with Crippen molar-refractivity contribution in [3.63, 3.8) is 0 Å². The minimum absolute atomic E-state index is 0.0183. The topological polar surface area (TPSA) is 46.5 Å². The summed E-state index contributed by atoms with van der Waals surface area (Å²) in [5.41, 5.74) is 3.23. The third kappa shape index (κ3) is 7.61. The molecule has 0 aliphatic heterocycles. The Morgan fingerprint density at radius 1 is 0.907 bits per heavy atom. The van der Waals surface area contributed by atoms with Gasteiger partial charge in [0.1, 0.15) is 0 Å². The summed E-state index contributed by atoms with van der Waals surface area (Å²) in [5.74, 6) is 0.528. The molecule has 0 bridgehead atoms. The van der Waals surface area contributed by atoms with Gasteiger partial charge >= 0.3 is 272 Å².